The summed E-state index contributed by atoms with van der Waals surface area (Å²) in [5.74, 6) is -0.229. The van der Waals surface area contributed by atoms with Crippen molar-refractivity contribution in [3.05, 3.63) is 5.32 Å². The number of Topliss-reactive ketones (excluding diaryl/α,β-unsaturated/α-hetero) is 1. The van der Waals surface area contributed by atoms with Gasteiger partial charge in [-0.05, 0) is 18.3 Å². The van der Waals surface area contributed by atoms with E-state index >= 15 is 0 Å². The summed E-state index contributed by atoms with van der Waals surface area (Å²) in [6.07, 6.45) is -0.909. The largest absolute Gasteiger partial charge is 0.645 e. The minimum absolute atomic E-state index is 0. The molecule has 1 heterocycles. The van der Waals surface area contributed by atoms with Gasteiger partial charge in [0.15, 0.2) is 5.78 Å². The molecule has 1 aliphatic heterocycles. The zero-order valence-electron chi connectivity index (χ0n) is 11.1. The zero-order valence-corrected chi connectivity index (χ0v) is 16.9. The van der Waals surface area contributed by atoms with Gasteiger partial charge in [-0.2, -0.15) is 0 Å². The number of hydrogen-bond donors (Lipinski definition) is 1. The van der Waals surface area contributed by atoms with Gasteiger partial charge in [-0.15, -0.1) is 0 Å². The Morgan fingerprint density at radius 2 is 1.67 bits per heavy atom. The van der Waals surface area contributed by atoms with E-state index in [-0.39, 0.29) is 83.7 Å². The van der Waals surface area contributed by atoms with Gasteiger partial charge >= 0.3 is 0 Å². The molecule has 1 N–H and O–H groups in total. The van der Waals surface area contributed by atoms with Crippen molar-refractivity contribution in [1.82, 2.24) is 0 Å². The van der Waals surface area contributed by atoms with Crippen molar-refractivity contribution in [3.63, 3.8) is 0 Å². The number of β-lactam (4-membered cyclic amide) rings is 1. The predicted octanol–water partition coefficient (Wildman–Crippen LogP) is 1.27. The topological polar surface area (TPSA) is 68.5 Å². The van der Waals surface area contributed by atoms with Crippen LogP contribution in [-0.2, 0) is 63.4 Å². The minimum Gasteiger partial charge on any atom is -0.645 e. The van der Waals surface area contributed by atoms with Gasteiger partial charge < -0.3 is 15.2 Å². The van der Waals surface area contributed by atoms with Crippen LogP contribution in [0.1, 0.15) is 34.1 Å². The van der Waals surface area contributed by atoms with Crippen molar-refractivity contribution in [3.8, 4) is 0 Å². The number of aliphatic hydroxyl groups is 1. The molecule has 6 heteroatoms. The van der Waals surface area contributed by atoms with E-state index in [1.165, 1.54) is 0 Å². The Hall–Kier alpha value is 0.892. The van der Waals surface area contributed by atoms with Crippen molar-refractivity contribution in [1.29, 1.82) is 0 Å². The third kappa shape index (κ3) is 2.32. The van der Waals surface area contributed by atoms with E-state index in [1.807, 2.05) is 27.7 Å². The standard InChI is InChI=1S/C12H19NO3.W.Y/c1-6-7(2)12(5-8(14)13-12)10(16)9(15)11(6,3)4;;/h6-7,10,16H,5H2,1-4H3,(H,13,14);;/p-1. The van der Waals surface area contributed by atoms with E-state index in [2.05, 4.69) is 5.32 Å². The molecule has 0 aromatic heterocycles. The summed E-state index contributed by atoms with van der Waals surface area (Å²) in [6.45, 7) is 7.67. The van der Waals surface area contributed by atoms with Crippen molar-refractivity contribution in [2.45, 2.75) is 45.8 Å². The molecular weight excluding hydrogens is 479 g/mol. The monoisotopic (exact) mass is 497 g/mol. The van der Waals surface area contributed by atoms with Crippen molar-refractivity contribution in [2.24, 2.45) is 17.3 Å². The Balaban J connectivity index is 0.00000144. The SMILES string of the molecule is CC1C(C)C2(CC(=O)[N-]2)C(O)C(=O)C1(C)C.[W].[Y]. The van der Waals surface area contributed by atoms with Gasteiger partial charge in [0.25, 0.3) is 0 Å². The number of rotatable bonds is 0. The molecule has 0 bridgehead atoms. The van der Waals surface area contributed by atoms with Crippen LogP contribution in [0.5, 0.6) is 0 Å². The van der Waals surface area contributed by atoms with E-state index < -0.39 is 17.1 Å². The van der Waals surface area contributed by atoms with Crippen LogP contribution in [0.3, 0.4) is 0 Å². The molecule has 0 aromatic rings. The average Bonchev–Trinajstić information content (AvgIpc) is 2.18. The first-order chi connectivity index (χ1) is 7.23. The second kappa shape index (κ2) is 5.71. The van der Waals surface area contributed by atoms with Crippen LogP contribution in [0, 0.1) is 17.3 Å². The van der Waals surface area contributed by atoms with Crippen LogP contribution in [0.4, 0.5) is 0 Å². The molecule has 18 heavy (non-hydrogen) atoms. The Morgan fingerprint density at radius 1 is 1.22 bits per heavy atom. The zero-order chi connectivity index (χ0) is 12.3. The number of aliphatic hydroxyl groups excluding tert-OH is 1. The van der Waals surface area contributed by atoms with Gasteiger partial charge in [0, 0.05) is 59.2 Å². The summed E-state index contributed by atoms with van der Waals surface area (Å²) in [4.78, 5) is 23.1. The molecule has 0 aromatic carbocycles. The van der Waals surface area contributed by atoms with Crippen LogP contribution < -0.4 is 0 Å². The van der Waals surface area contributed by atoms with Crippen LogP contribution in [0.25, 0.3) is 5.32 Å². The van der Waals surface area contributed by atoms with Crippen molar-refractivity contribution >= 4 is 11.7 Å². The van der Waals surface area contributed by atoms with E-state index in [0.717, 1.165) is 0 Å². The van der Waals surface area contributed by atoms with Crippen LogP contribution in [-0.4, -0.2) is 28.4 Å². The molecule has 1 saturated heterocycles. The van der Waals surface area contributed by atoms with Crippen molar-refractivity contribution in [2.75, 3.05) is 0 Å². The van der Waals surface area contributed by atoms with E-state index in [9.17, 15) is 14.7 Å². The summed E-state index contributed by atoms with van der Waals surface area (Å²) in [5.41, 5.74) is -1.37. The second-order valence-electron chi connectivity index (χ2n) is 5.74. The fraction of sp³-hybridized carbons (Fsp3) is 0.833. The average molecular weight is 497 g/mol. The first kappa shape index (κ1) is 18.9. The summed E-state index contributed by atoms with van der Waals surface area (Å²) >= 11 is 0. The molecule has 2 aliphatic rings. The smallest absolute Gasteiger partial charge is 0.166 e. The summed E-state index contributed by atoms with van der Waals surface area (Å²) in [7, 11) is 0. The van der Waals surface area contributed by atoms with Crippen molar-refractivity contribution < 1.29 is 68.5 Å². The maximum Gasteiger partial charge on any atom is 0.166 e. The van der Waals surface area contributed by atoms with Gasteiger partial charge in [-0.25, -0.2) is 0 Å². The van der Waals surface area contributed by atoms with Crippen LogP contribution >= 0.6 is 0 Å². The number of amides is 1. The fourth-order valence-corrected chi connectivity index (χ4v) is 2.99. The third-order valence-corrected chi connectivity index (χ3v) is 4.80. The first-order valence-electron chi connectivity index (χ1n) is 5.71. The van der Waals surface area contributed by atoms with Gasteiger partial charge in [0.1, 0.15) is 6.10 Å². The maximum absolute atomic E-state index is 12.1. The number of ketones is 1. The van der Waals surface area contributed by atoms with Crippen LogP contribution in [0.15, 0.2) is 0 Å². The Morgan fingerprint density at radius 3 is 2.06 bits per heavy atom. The summed E-state index contributed by atoms with van der Waals surface area (Å²) < 4.78 is 0. The fourth-order valence-electron chi connectivity index (χ4n) is 2.99. The predicted molar refractivity (Wildman–Crippen MR) is 58.8 cm³/mol. The first-order valence-corrected chi connectivity index (χ1v) is 5.71. The Labute approximate surface area is 147 Å². The Bertz CT molecular complexity index is 364. The molecule has 1 saturated carbocycles. The van der Waals surface area contributed by atoms with E-state index in [1.54, 1.807) is 0 Å². The molecule has 1 aliphatic carbocycles. The molecular formula is C12H18NO3WY-. The number of carbonyl (C=O) groups is 2. The summed E-state index contributed by atoms with van der Waals surface area (Å²) in [6, 6.07) is 0. The van der Waals surface area contributed by atoms with Crippen LogP contribution in [0.2, 0.25) is 0 Å². The molecule has 4 nitrogen and oxygen atoms in total. The summed E-state index contributed by atoms with van der Waals surface area (Å²) in [5, 5.41) is 14.0. The van der Waals surface area contributed by atoms with E-state index in [0.29, 0.717) is 0 Å². The molecule has 2 rings (SSSR count). The molecule has 1 radical (unpaired) electrons. The minimum atomic E-state index is -1.12. The molecule has 99 valence electrons. The van der Waals surface area contributed by atoms with Gasteiger partial charge in [-0.1, -0.05) is 33.2 Å². The number of hydrogen-bond acceptors (Lipinski definition) is 3. The molecule has 4 atom stereocenters. The normalized spacial score (nSPS) is 41.3. The molecule has 2 fully saturated rings. The number of nitrogens with zero attached hydrogens (tertiary/aromatic N) is 1. The van der Waals surface area contributed by atoms with E-state index in [4.69, 9.17) is 0 Å². The Kier molecular flexibility index (Phi) is 6.00. The van der Waals surface area contributed by atoms with Gasteiger partial charge in [-0.3, -0.25) is 4.79 Å². The van der Waals surface area contributed by atoms with Gasteiger partial charge in [0.05, 0.1) is 5.91 Å². The number of carbonyl (C=O) groups excluding carboxylic acids is 2. The quantitative estimate of drug-likeness (QED) is 0.513. The third-order valence-electron chi connectivity index (χ3n) is 4.80. The molecule has 4 unspecified atom stereocenters. The molecule has 1 spiro atoms. The molecule has 1 amide bonds. The second-order valence-corrected chi connectivity index (χ2v) is 5.74. The van der Waals surface area contributed by atoms with Gasteiger partial charge in [0.2, 0.25) is 0 Å². The maximum atomic E-state index is 12.1.